The molecular formula is C19H21N3OS. The Bertz CT molecular complexity index is 740. The Morgan fingerprint density at radius 1 is 1.29 bits per heavy atom. The molecule has 0 radical (unpaired) electrons. The zero-order chi connectivity index (χ0) is 17.5. The van der Waals surface area contributed by atoms with Gasteiger partial charge in [-0.2, -0.15) is 5.26 Å². The van der Waals surface area contributed by atoms with Crippen molar-refractivity contribution in [3.8, 4) is 6.07 Å². The van der Waals surface area contributed by atoms with Gasteiger partial charge in [0.05, 0.1) is 16.9 Å². The Kier molecular flexibility index (Phi) is 6.39. The summed E-state index contributed by atoms with van der Waals surface area (Å²) >= 11 is 1.35. The first-order valence-corrected chi connectivity index (χ1v) is 8.82. The van der Waals surface area contributed by atoms with E-state index in [2.05, 4.69) is 16.4 Å². The first-order chi connectivity index (χ1) is 11.5. The third-order valence-corrected chi connectivity index (χ3v) is 5.06. The summed E-state index contributed by atoms with van der Waals surface area (Å²) in [6, 6.07) is 15.5. The molecule has 1 N–H and O–H groups in total. The predicted molar refractivity (Wildman–Crippen MR) is 96.6 cm³/mol. The summed E-state index contributed by atoms with van der Waals surface area (Å²) in [5.41, 5.74) is 2.41. The molecule has 1 aromatic heterocycles. The van der Waals surface area contributed by atoms with Crippen LogP contribution in [0.3, 0.4) is 0 Å². The maximum absolute atomic E-state index is 12.6. The minimum absolute atomic E-state index is 0.0361. The first-order valence-electron chi connectivity index (χ1n) is 7.94. The topological polar surface area (TPSA) is 65.8 Å². The number of rotatable bonds is 6. The molecule has 0 spiro atoms. The summed E-state index contributed by atoms with van der Waals surface area (Å²) in [7, 11) is 0. The van der Waals surface area contributed by atoms with Crippen LogP contribution in [-0.4, -0.2) is 16.1 Å². The number of aromatic nitrogens is 1. The molecule has 124 valence electrons. The smallest absolute Gasteiger partial charge is 0.234 e. The van der Waals surface area contributed by atoms with Crippen LogP contribution in [-0.2, 0) is 4.79 Å². The van der Waals surface area contributed by atoms with E-state index < -0.39 is 0 Å². The second-order valence-corrected chi connectivity index (χ2v) is 6.76. The molecule has 2 rings (SSSR count). The van der Waals surface area contributed by atoms with Gasteiger partial charge in [0.1, 0.15) is 11.1 Å². The van der Waals surface area contributed by atoms with Gasteiger partial charge in [0.2, 0.25) is 5.91 Å². The molecule has 0 fully saturated rings. The number of nitrogens with one attached hydrogen (secondary N) is 1. The third-order valence-electron chi connectivity index (χ3n) is 3.70. The maximum Gasteiger partial charge on any atom is 0.234 e. The number of amides is 1. The van der Waals surface area contributed by atoms with Gasteiger partial charge in [-0.25, -0.2) is 4.98 Å². The summed E-state index contributed by atoms with van der Waals surface area (Å²) in [4.78, 5) is 17.0. The van der Waals surface area contributed by atoms with Gasteiger partial charge in [0, 0.05) is 5.69 Å². The zero-order valence-electron chi connectivity index (χ0n) is 14.1. The molecule has 5 heteroatoms. The van der Waals surface area contributed by atoms with E-state index in [0.29, 0.717) is 17.0 Å². The van der Waals surface area contributed by atoms with Gasteiger partial charge in [-0.05, 0) is 38.0 Å². The standard InChI is InChI=1S/C19H21N3OS/c1-4-17(24-19-16(12-20)11-10-13(2)21-19)18(23)22-14(3)15-8-6-5-7-9-15/h5-11,14,17H,4H2,1-3H3,(H,22,23)/t14-,17-/m1/s1. The summed E-state index contributed by atoms with van der Waals surface area (Å²) in [5.74, 6) is -0.0361. The molecule has 24 heavy (non-hydrogen) atoms. The Labute approximate surface area is 147 Å². The molecule has 1 heterocycles. The van der Waals surface area contributed by atoms with Crippen LogP contribution >= 0.6 is 11.8 Å². The molecule has 1 amide bonds. The van der Waals surface area contributed by atoms with Crippen LogP contribution in [0.1, 0.15) is 43.1 Å². The minimum atomic E-state index is -0.280. The van der Waals surface area contributed by atoms with E-state index in [0.717, 1.165) is 11.3 Å². The molecule has 0 saturated heterocycles. The van der Waals surface area contributed by atoms with Gasteiger partial charge >= 0.3 is 0 Å². The van der Waals surface area contributed by atoms with E-state index in [1.165, 1.54) is 11.8 Å². The Balaban J connectivity index is 2.10. The first kappa shape index (κ1) is 18.0. The van der Waals surface area contributed by atoms with Crippen LogP contribution in [0, 0.1) is 18.3 Å². The lowest BCUT2D eigenvalue weighted by atomic mass is 10.1. The van der Waals surface area contributed by atoms with E-state index >= 15 is 0 Å². The summed E-state index contributed by atoms with van der Waals surface area (Å²) in [6.07, 6.45) is 0.665. The molecular weight excluding hydrogens is 318 g/mol. The van der Waals surface area contributed by atoms with Crippen LogP contribution in [0.4, 0.5) is 0 Å². The molecule has 2 atom stereocenters. The highest BCUT2D eigenvalue weighted by Gasteiger charge is 2.22. The monoisotopic (exact) mass is 339 g/mol. The highest BCUT2D eigenvalue weighted by atomic mass is 32.2. The van der Waals surface area contributed by atoms with Crippen molar-refractivity contribution in [3.63, 3.8) is 0 Å². The fourth-order valence-corrected chi connectivity index (χ4v) is 3.34. The van der Waals surface area contributed by atoms with Crippen molar-refractivity contribution in [2.24, 2.45) is 0 Å². The van der Waals surface area contributed by atoms with Crippen molar-refractivity contribution in [2.45, 2.75) is 43.5 Å². The molecule has 0 aliphatic rings. The SMILES string of the molecule is CC[C@@H](Sc1nc(C)ccc1C#N)C(=O)N[C@H](C)c1ccccc1. The predicted octanol–water partition coefficient (Wildman–Crippen LogP) is 4.01. The van der Waals surface area contributed by atoms with Crippen LogP contribution < -0.4 is 5.32 Å². The largest absolute Gasteiger partial charge is 0.349 e. The Morgan fingerprint density at radius 3 is 2.62 bits per heavy atom. The molecule has 0 aliphatic carbocycles. The van der Waals surface area contributed by atoms with Crippen LogP contribution in [0.15, 0.2) is 47.5 Å². The molecule has 2 aromatic rings. The van der Waals surface area contributed by atoms with Crippen molar-refractivity contribution in [2.75, 3.05) is 0 Å². The number of thioether (sulfide) groups is 1. The number of aryl methyl sites for hydroxylation is 1. The Morgan fingerprint density at radius 2 is 2.00 bits per heavy atom. The number of nitriles is 1. The van der Waals surface area contributed by atoms with Gasteiger partial charge in [-0.1, -0.05) is 49.0 Å². The second kappa shape index (κ2) is 8.51. The number of carbonyl (C=O) groups excluding carboxylic acids is 1. The van der Waals surface area contributed by atoms with Gasteiger partial charge in [0.25, 0.3) is 0 Å². The van der Waals surface area contributed by atoms with Crippen molar-refractivity contribution in [3.05, 3.63) is 59.3 Å². The lowest BCUT2D eigenvalue weighted by molar-refractivity contribution is -0.121. The third kappa shape index (κ3) is 4.59. The summed E-state index contributed by atoms with van der Waals surface area (Å²) in [6.45, 7) is 5.81. The van der Waals surface area contributed by atoms with Crippen LogP contribution in [0.5, 0.6) is 0 Å². The molecule has 0 unspecified atom stereocenters. The number of hydrogen-bond donors (Lipinski definition) is 1. The average Bonchev–Trinajstić information content (AvgIpc) is 2.60. The lowest BCUT2D eigenvalue weighted by Gasteiger charge is -2.19. The van der Waals surface area contributed by atoms with E-state index in [1.54, 1.807) is 12.1 Å². The van der Waals surface area contributed by atoms with Crippen molar-refractivity contribution < 1.29 is 4.79 Å². The number of pyridine rings is 1. The zero-order valence-corrected chi connectivity index (χ0v) is 14.9. The minimum Gasteiger partial charge on any atom is -0.349 e. The van der Waals surface area contributed by atoms with Gasteiger partial charge in [-0.15, -0.1) is 0 Å². The van der Waals surface area contributed by atoms with Crippen molar-refractivity contribution in [1.29, 1.82) is 5.26 Å². The number of nitrogens with zero attached hydrogens (tertiary/aromatic N) is 2. The van der Waals surface area contributed by atoms with Crippen molar-refractivity contribution >= 4 is 17.7 Å². The van der Waals surface area contributed by atoms with Crippen molar-refractivity contribution in [1.82, 2.24) is 10.3 Å². The van der Waals surface area contributed by atoms with E-state index in [4.69, 9.17) is 0 Å². The molecule has 4 nitrogen and oxygen atoms in total. The highest BCUT2D eigenvalue weighted by molar-refractivity contribution is 8.00. The van der Waals surface area contributed by atoms with Crippen LogP contribution in [0.25, 0.3) is 0 Å². The van der Waals surface area contributed by atoms with Crippen LogP contribution in [0.2, 0.25) is 0 Å². The molecule has 0 aliphatic heterocycles. The average molecular weight is 339 g/mol. The maximum atomic E-state index is 12.6. The quantitative estimate of drug-likeness (QED) is 0.808. The van der Waals surface area contributed by atoms with E-state index in [-0.39, 0.29) is 17.2 Å². The second-order valence-electron chi connectivity index (χ2n) is 5.57. The van der Waals surface area contributed by atoms with E-state index in [1.807, 2.05) is 51.1 Å². The molecule has 1 aromatic carbocycles. The molecule has 0 saturated carbocycles. The fraction of sp³-hybridized carbons (Fsp3) is 0.316. The van der Waals surface area contributed by atoms with Gasteiger partial charge < -0.3 is 5.32 Å². The van der Waals surface area contributed by atoms with E-state index in [9.17, 15) is 10.1 Å². The Hall–Kier alpha value is -2.32. The van der Waals surface area contributed by atoms with Gasteiger partial charge in [-0.3, -0.25) is 4.79 Å². The fourth-order valence-electron chi connectivity index (χ4n) is 2.30. The summed E-state index contributed by atoms with van der Waals surface area (Å²) in [5, 5.41) is 12.6. The number of benzene rings is 1. The summed E-state index contributed by atoms with van der Waals surface area (Å²) < 4.78 is 0. The number of hydrogen-bond acceptors (Lipinski definition) is 4. The highest BCUT2D eigenvalue weighted by Crippen LogP contribution is 2.27. The normalized spacial score (nSPS) is 12.9. The molecule has 0 bridgehead atoms. The van der Waals surface area contributed by atoms with Gasteiger partial charge in [0.15, 0.2) is 0 Å². The number of carbonyl (C=O) groups is 1. The lowest BCUT2D eigenvalue weighted by Crippen LogP contribution is -2.34.